The molecule has 0 aliphatic rings. The largest absolute Gasteiger partial charge is 0.310 e. The molecule has 0 aromatic carbocycles. The van der Waals surface area contributed by atoms with Gasteiger partial charge in [-0.3, -0.25) is 9.97 Å². The van der Waals surface area contributed by atoms with E-state index in [-0.39, 0.29) is 11.9 Å². The van der Waals surface area contributed by atoms with Crippen molar-refractivity contribution in [1.82, 2.24) is 15.3 Å². The third-order valence-corrected chi connectivity index (χ3v) is 3.25. The first-order valence-corrected chi connectivity index (χ1v) is 6.92. The van der Waals surface area contributed by atoms with Crippen molar-refractivity contribution in [3.05, 3.63) is 58.3 Å². The highest BCUT2D eigenvalue weighted by molar-refractivity contribution is 9.10. The molecule has 1 atom stereocenters. The minimum absolute atomic E-state index is 0.0156. The summed E-state index contributed by atoms with van der Waals surface area (Å²) in [5.41, 5.74) is 1.80. The van der Waals surface area contributed by atoms with Crippen LogP contribution in [0, 0.1) is 5.82 Å². The molecule has 0 radical (unpaired) electrons. The Bertz CT molecular complexity index is 530. The monoisotopic (exact) mass is 323 g/mol. The van der Waals surface area contributed by atoms with Crippen molar-refractivity contribution < 1.29 is 4.39 Å². The molecule has 0 aliphatic heterocycles. The van der Waals surface area contributed by atoms with Crippen LogP contribution in [0.5, 0.6) is 0 Å². The zero-order valence-electron chi connectivity index (χ0n) is 10.6. The van der Waals surface area contributed by atoms with Crippen molar-refractivity contribution in [3.63, 3.8) is 0 Å². The van der Waals surface area contributed by atoms with E-state index in [1.54, 1.807) is 12.4 Å². The average molecular weight is 324 g/mol. The summed E-state index contributed by atoms with van der Waals surface area (Å²) in [6, 6.07) is 5.44. The van der Waals surface area contributed by atoms with Crippen molar-refractivity contribution in [2.75, 3.05) is 6.54 Å². The van der Waals surface area contributed by atoms with Crippen LogP contribution in [0.1, 0.15) is 24.2 Å². The molecule has 0 saturated carbocycles. The Labute approximate surface area is 120 Å². The average Bonchev–Trinajstić information content (AvgIpc) is 2.41. The summed E-state index contributed by atoms with van der Waals surface area (Å²) in [5.74, 6) is -0.316. The van der Waals surface area contributed by atoms with E-state index in [2.05, 4.69) is 31.2 Å². The van der Waals surface area contributed by atoms with Crippen LogP contribution in [0.15, 0.2) is 41.3 Å². The van der Waals surface area contributed by atoms with Gasteiger partial charge in [0.05, 0.1) is 6.20 Å². The van der Waals surface area contributed by atoms with Gasteiger partial charge >= 0.3 is 0 Å². The molecular formula is C14H15BrFN3. The van der Waals surface area contributed by atoms with Crippen LogP contribution in [-0.4, -0.2) is 16.5 Å². The van der Waals surface area contributed by atoms with Crippen LogP contribution in [0.25, 0.3) is 0 Å². The summed E-state index contributed by atoms with van der Waals surface area (Å²) in [6.07, 6.45) is 5.37. The Hall–Kier alpha value is -1.33. The van der Waals surface area contributed by atoms with Gasteiger partial charge in [-0.1, -0.05) is 6.92 Å². The minimum atomic E-state index is -0.316. The van der Waals surface area contributed by atoms with Crippen LogP contribution in [0.2, 0.25) is 0 Å². The fourth-order valence-electron chi connectivity index (χ4n) is 1.91. The maximum Gasteiger partial charge on any atom is 0.141 e. The quantitative estimate of drug-likeness (QED) is 0.917. The van der Waals surface area contributed by atoms with Crippen molar-refractivity contribution in [1.29, 1.82) is 0 Å². The van der Waals surface area contributed by atoms with Gasteiger partial charge in [0, 0.05) is 35.0 Å². The van der Waals surface area contributed by atoms with Crippen LogP contribution >= 0.6 is 15.9 Å². The van der Waals surface area contributed by atoms with Gasteiger partial charge in [0.15, 0.2) is 0 Å². The van der Waals surface area contributed by atoms with Gasteiger partial charge in [-0.2, -0.15) is 0 Å². The summed E-state index contributed by atoms with van der Waals surface area (Å²) >= 11 is 3.36. The highest BCUT2D eigenvalue weighted by Crippen LogP contribution is 2.18. The van der Waals surface area contributed by atoms with E-state index < -0.39 is 0 Å². The molecule has 2 rings (SSSR count). The lowest BCUT2D eigenvalue weighted by atomic mass is 10.0. The third kappa shape index (κ3) is 4.08. The van der Waals surface area contributed by atoms with Gasteiger partial charge in [-0.05, 0) is 46.2 Å². The number of hydrogen-bond acceptors (Lipinski definition) is 3. The highest BCUT2D eigenvalue weighted by atomic mass is 79.9. The van der Waals surface area contributed by atoms with Crippen LogP contribution in [0.4, 0.5) is 4.39 Å². The molecule has 0 saturated heterocycles. The molecule has 19 heavy (non-hydrogen) atoms. The molecule has 2 aromatic rings. The Kier molecular flexibility index (Phi) is 4.99. The molecule has 3 nitrogen and oxygen atoms in total. The summed E-state index contributed by atoms with van der Waals surface area (Å²) in [6.45, 7) is 2.83. The number of rotatable bonds is 5. The molecule has 2 aromatic heterocycles. The lowest BCUT2D eigenvalue weighted by molar-refractivity contribution is 0.534. The first kappa shape index (κ1) is 14.1. The first-order valence-electron chi connectivity index (χ1n) is 6.13. The molecule has 0 amide bonds. The van der Waals surface area contributed by atoms with E-state index in [1.807, 2.05) is 19.1 Å². The molecule has 0 spiro atoms. The number of aromatic nitrogens is 2. The molecule has 100 valence electrons. The zero-order valence-corrected chi connectivity index (χ0v) is 12.2. The van der Waals surface area contributed by atoms with Crippen LogP contribution in [-0.2, 0) is 6.42 Å². The molecular weight excluding hydrogens is 309 g/mol. The fraction of sp³-hybridized carbons (Fsp3) is 0.286. The van der Waals surface area contributed by atoms with Crippen molar-refractivity contribution >= 4 is 15.9 Å². The number of pyridine rings is 2. The lowest BCUT2D eigenvalue weighted by Crippen LogP contribution is -2.23. The van der Waals surface area contributed by atoms with Crippen molar-refractivity contribution in [3.8, 4) is 0 Å². The summed E-state index contributed by atoms with van der Waals surface area (Å²) in [4.78, 5) is 8.25. The van der Waals surface area contributed by atoms with Gasteiger partial charge < -0.3 is 5.32 Å². The number of hydrogen-bond donors (Lipinski definition) is 1. The predicted molar refractivity (Wildman–Crippen MR) is 76.3 cm³/mol. The second-order valence-electron chi connectivity index (χ2n) is 4.22. The molecule has 0 aliphatic carbocycles. The fourth-order valence-corrected chi connectivity index (χ4v) is 2.14. The van der Waals surface area contributed by atoms with Crippen molar-refractivity contribution in [2.45, 2.75) is 19.4 Å². The van der Waals surface area contributed by atoms with E-state index in [0.717, 1.165) is 22.3 Å². The van der Waals surface area contributed by atoms with E-state index >= 15 is 0 Å². The lowest BCUT2D eigenvalue weighted by Gasteiger charge is -2.17. The smallest absolute Gasteiger partial charge is 0.141 e. The van der Waals surface area contributed by atoms with E-state index in [4.69, 9.17) is 0 Å². The van der Waals surface area contributed by atoms with Gasteiger partial charge in [-0.25, -0.2) is 4.39 Å². The topological polar surface area (TPSA) is 37.8 Å². The normalized spacial score (nSPS) is 12.4. The van der Waals surface area contributed by atoms with Gasteiger partial charge in [0.25, 0.3) is 0 Å². The maximum atomic E-state index is 13.2. The van der Waals surface area contributed by atoms with E-state index in [1.165, 1.54) is 12.3 Å². The van der Waals surface area contributed by atoms with Gasteiger partial charge in [0.2, 0.25) is 0 Å². The Morgan fingerprint density at radius 3 is 2.79 bits per heavy atom. The molecule has 2 heterocycles. The molecule has 0 bridgehead atoms. The summed E-state index contributed by atoms with van der Waals surface area (Å²) in [5, 5.41) is 3.33. The van der Waals surface area contributed by atoms with Crippen LogP contribution < -0.4 is 5.32 Å². The Morgan fingerprint density at radius 2 is 2.16 bits per heavy atom. The second-order valence-corrected chi connectivity index (χ2v) is 5.13. The summed E-state index contributed by atoms with van der Waals surface area (Å²) < 4.78 is 14.2. The van der Waals surface area contributed by atoms with Crippen LogP contribution in [0.3, 0.4) is 0 Å². The first-order chi connectivity index (χ1) is 9.19. The number of likely N-dealkylation sites (N-methyl/N-ethyl adjacent to an activating group) is 1. The predicted octanol–water partition coefficient (Wildman–Crippen LogP) is 3.27. The third-order valence-electron chi connectivity index (χ3n) is 2.78. The highest BCUT2D eigenvalue weighted by Gasteiger charge is 2.13. The molecule has 0 fully saturated rings. The SMILES string of the molecule is CCNC(Cc1ccc(Br)cn1)c1cncc(F)c1. The zero-order chi connectivity index (χ0) is 13.7. The maximum absolute atomic E-state index is 13.2. The molecule has 5 heteroatoms. The van der Waals surface area contributed by atoms with E-state index in [9.17, 15) is 4.39 Å². The second kappa shape index (κ2) is 6.73. The summed E-state index contributed by atoms with van der Waals surface area (Å²) in [7, 11) is 0. The minimum Gasteiger partial charge on any atom is -0.310 e. The number of halogens is 2. The van der Waals surface area contributed by atoms with Crippen molar-refractivity contribution in [2.24, 2.45) is 0 Å². The number of nitrogens with zero attached hydrogens (tertiary/aromatic N) is 2. The standard InChI is InChI=1S/C14H15BrFN3/c1-2-18-14(10-5-12(16)9-17-7-10)6-13-4-3-11(15)8-19-13/h3-5,7-9,14,18H,2,6H2,1H3. The Balaban J connectivity index is 2.18. The van der Waals surface area contributed by atoms with Gasteiger partial charge in [-0.15, -0.1) is 0 Å². The molecule has 1 unspecified atom stereocenters. The van der Waals surface area contributed by atoms with Gasteiger partial charge in [0.1, 0.15) is 5.82 Å². The number of nitrogens with one attached hydrogen (secondary N) is 1. The Morgan fingerprint density at radius 1 is 1.32 bits per heavy atom. The molecule has 1 N–H and O–H groups in total. The van der Waals surface area contributed by atoms with E-state index in [0.29, 0.717) is 6.42 Å².